The zero-order valence-electron chi connectivity index (χ0n) is 38.3. The van der Waals surface area contributed by atoms with Crippen LogP contribution in [0.5, 0.6) is 34.5 Å². The Morgan fingerprint density at radius 1 is 0.825 bits per heavy atom. The second-order valence-corrected chi connectivity index (χ2v) is 17.2. The molecule has 3 aromatic carbocycles. The van der Waals surface area contributed by atoms with Crippen LogP contribution in [0.25, 0.3) is 0 Å². The topological polar surface area (TPSA) is 82.2 Å². The molecule has 5 heterocycles. The maximum atomic E-state index is 12.1. The van der Waals surface area contributed by atoms with Gasteiger partial charge in [-0.05, 0) is 118 Å². The molecule has 3 aromatic rings. The third kappa shape index (κ3) is 10.9. The smallest absolute Gasteiger partial charge is 0.253 e. The molecule has 5 aliphatic rings. The van der Waals surface area contributed by atoms with Crippen molar-refractivity contribution in [3.63, 3.8) is 0 Å². The molecule has 0 fully saturated rings. The van der Waals surface area contributed by atoms with Crippen LogP contribution in [0.1, 0.15) is 91.8 Å². The molecule has 0 aromatic heterocycles. The van der Waals surface area contributed by atoms with Crippen LogP contribution in [0.15, 0.2) is 103 Å². The lowest BCUT2D eigenvalue weighted by molar-refractivity contribution is -0.127. The van der Waals surface area contributed by atoms with Crippen LogP contribution in [-0.4, -0.2) is 95.0 Å². The molecule has 63 heavy (non-hydrogen) atoms. The van der Waals surface area contributed by atoms with Gasteiger partial charge in [-0.2, -0.15) is 0 Å². The summed E-state index contributed by atoms with van der Waals surface area (Å²) in [6.45, 7) is 9.83. The quantitative estimate of drug-likeness (QED) is 0.103. The van der Waals surface area contributed by atoms with E-state index in [0.29, 0.717) is 48.4 Å². The minimum Gasteiger partial charge on any atom is -0.493 e. The van der Waals surface area contributed by atoms with Crippen molar-refractivity contribution < 1.29 is 33.2 Å². The van der Waals surface area contributed by atoms with Gasteiger partial charge in [0.1, 0.15) is 11.9 Å². The summed E-state index contributed by atoms with van der Waals surface area (Å²) in [6, 6.07) is 15.2. The Labute approximate surface area is 375 Å². The molecule has 3 atom stereocenters. The van der Waals surface area contributed by atoms with Crippen molar-refractivity contribution in [2.45, 2.75) is 89.3 Å². The molecular weight excluding hydrogens is 791 g/mol. The number of methoxy groups -OCH3 is 3. The Morgan fingerprint density at radius 3 is 2.29 bits per heavy atom. The first kappa shape index (κ1) is 45.7. The van der Waals surface area contributed by atoms with Gasteiger partial charge in [-0.1, -0.05) is 73.9 Å². The van der Waals surface area contributed by atoms with E-state index in [1.807, 2.05) is 42.2 Å². The predicted molar refractivity (Wildman–Crippen MR) is 250 cm³/mol. The summed E-state index contributed by atoms with van der Waals surface area (Å²) < 4.78 is 38.5. The van der Waals surface area contributed by atoms with Crippen LogP contribution in [0.4, 0.5) is 0 Å². The zero-order chi connectivity index (χ0) is 44.3. The van der Waals surface area contributed by atoms with E-state index in [0.717, 1.165) is 94.4 Å². The molecule has 10 heteroatoms. The molecule has 0 aliphatic carbocycles. The van der Waals surface area contributed by atoms with E-state index in [9.17, 15) is 4.79 Å². The van der Waals surface area contributed by atoms with E-state index in [-0.39, 0.29) is 24.1 Å². The number of likely N-dealkylation sites (N-methyl/N-ethyl adjacent to an activating group) is 2. The molecule has 4 bridgehead atoms. The van der Waals surface area contributed by atoms with Crippen molar-refractivity contribution in [2.75, 3.05) is 68.3 Å². The summed E-state index contributed by atoms with van der Waals surface area (Å²) in [6.07, 6.45) is 22.6. The summed E-state index contributed by atoms with van der Waals surface area (Å²) in [4.78, 5) is 18.8. The minimum atomic E-state index is -0.218. The fourth-order valence-corrected chi connectivity index (χ4v) is 9.47. The predicted octanol–water partition coefficient (Wildman–Crippen LogP) is 10.3. The number of rotatable bonds is 16. The minimum absolute atomic E-state index is 0.0338. The highest BCUT2D eigenvalue weighted by Gasteiger charge is 2.35. The van der Waals surface area contributed by atoms with E-state index in [1.54, 1.807) is 27.4 Å². The number of hydrogen-bond donors (Lipinski definition) is 0. The van der Waals surface area contributed by atoms with Gasteiger partial charge in [-0.3, -0.25) is 14.6 Å². The van der Waals surface area contributed by atoms with Crippen molar-refractivity contribution in [1.82, 2.24) is 14.7 Å². The molecule has 8 rings (SSSR count). The van der Waals surface area contributed by atoms with Gasteiger partial charge in [-0.15, -0.1) is 0 Å². The number of fused-ring (bicyclic) bond motifs is 6. The van der Waals surface area contributed by atoms with Crippen molar-refractivity contribution in [1.29, 1.82) is 0 Å². The second kappa shape index (κ2) is 21.9. The standard InChI is InChI=1S/C53H67N3O7/c1-8-10-14-18-41-34-50(57)56(41)25-15-12-11-13-16-28-61-36-43-29-38(17-9-2)31-46-51-40(24-27-55(46)4)33-49(59-6)52(60-7)53(51)63-48-35-44-39(32-47(48)58-5)23-26-54(3)45(44)30-37-19-21-42(62-43)22-20-37/h8-10,14,17-22,32-35,43,45-46H,2,11-13,15-16,23-31,36H2,1,3-7H3/b10-8-,18-14-,38-17+. The SMILES string of the molecule is C=C/C=C1\CC(COCCCCCCCN2C(=O)C=C2/C=C\C=C/C)Oc2ccc(cc2)CC2c3cc(c(OC)cc3CCN2C)Oc2c(OC)c(OC)cc3c2C(C1)N(C)CC3. The Balaban J connectivity index is 1.12. The number of amides is 1. The van der Waals surface area contributed by atoms with E-state index in [1.165, 1.54) is 27.8 Å². The van der Waals surface area contributed by atoms with Gasteiger partial charge in [0.15, 0.2) is 23.0 Å². The van der Waals surface area contributed by atoms with Crippen molar-refractivity contribution >= 4 is 5.91 Å². The fourth-order valence-electron chi connectivity index (χ4n) is 9.47. The number of benzene rings is 3. The van der Waals surface area contributed by atoms with Gasteiger partial charge in [0.05, 0.1) is 27.9 Å². The molecule has 0 saturated heterocycles. The number of nitrogens with zero attached hydrogens (tertiary/aromatic N) is 3. The first-order valence-electron chi connectivity index (χ1n) is 22.8. The van der Waals surface area contributed by atoms with Crippen molar-refractivity contribution in [3.8, 4) is 34.5 Å². The van der Waals surface area contributed by atoms with Gasteiger partial charge < -0.3 is 33.3 Å². The molecule has 0 spiro atoms. The molecular formula is C53H67N3O7. The largest absolute Gasteiger partial charge is 0.493 e. The highest BCUT2D eigenvalue weighted by Crippen LogP contribution is 2.52. The summed E-state index contributed by atoms with van der Waals surface area (Å²) in [5.74, 6) is 4.15. The molecule has 3 unspecified atom stereocenters. The summed E-state index contributed by atoms with van der Waals surface area (Å²) in [5, 5.41) is 0. The number of allylic oxidation sites excluding steroid dienone is 6. The molecule has 0 radical (unpaired) electrons. The van der Waals surface area contributed by atoms with Gasteiger partial charge in [0.25, 0.3) is 5.91 Å². The normalized spacial score (nSPS) is 21.0. The molecule has 1 amide bonds. The summed E-state index contributed by atoms with van der Waals surface area (Å²) in [7, 11) is 9.47. The number of hydrogen-bond acceptors (Lipinski definition) is 9. The van der Waals surface area contributed by atoms with Crippen LogP contribution in [0, 0.1) is 0 Å². The van der Waals surface area contributed by atoms with Gasteiger partial charge >= 0.3 is 0 Å². The first-order chi connectivity index (χ1) is 30.7. The third-order valence-corrected chi connectivity index (χ3v) is 13.0. The fraction of sp³-hybridized carbons (Fsp3) is 0.453. The highest BCUT2D eigenvalue weighted by atomic mass is 16.5. The monoisotopic (exact) mass is 857 g/mol. The maximum Gasteiger partial charge on any atom is 0.253 e. The Kier molecular flexibility index (Phi) is 15.9. The highest BCUT2D eigenvalue weighted by molar-refractivity contribution is 5.97. The average Bonchev–Trinajstić information content (AvgIpc) is 3.28. The molecule has 336 valence electrons. The van der Waals surface area contributed by atoms with E-state index < -0.39 is 0 Å². The van der Waals surface area contributed by atoms with Gasteiger partial charge in [-0.25, -0.2) is 0 Å². The van der Waals surface area contributed by atoms with Crippen LogP contribution in [0.2, 0.25) is 0 Å². The average molecular weight is 858 g/mol. The van der Waals surface area contributed by atoms with E-state index in [4.69, 9.17) is 28.4 Å². The Morgan fingerprint density at radius 2 is 1.56 bits per heavy atom. The number of unbranched alkanes of at least 4 members (excludes halogenated alkanes) is 4. The lowest BCUT2D eigenvalue weighted by atomic mass is 9.86. The van der Waals surface area contributed by atoms with Crippen molar-refractivity contribution in [2.24, 2.45) is 0 Å². The van der Waals surface area contributed by atoms with Crippen LogP contribution in [-0.2, 0) is 28.8 Å². The third-order valence-electron chi connectivity index (χ3n) is 13.0. The molecule has 5 aliphatic heterocycles. The lowest BCUT2D eigenvalue weighted by Gasteiger charge is -2.38. The Hall–Kier alpha value is -5.29. The van der Waals surface area contributed by atoms with Crippen LogP contribution < -0.4 is 23.7 Å². The zero-order valence-corrected chi connectivity index (χ0v) is 38.3. The van der Waals surface area contributed by atoms with Crippen LogP contribution in [0.3, 0.4) is 0 Å². The van der Waals surface area contributed by atoms with Crippen LogP contribution >= 0.6 is 0 Å². The van der Waals surface area contributed by atoms with Gasteiger partial charge in [0, 0.05) is 62.1 Å². The summed E-state index contributed by atoms with van der Waals surface area (Å²) >= 11 is 0. The maximum absolute atomic E-state index is 12.1. The Bertz CT molecular complexity index is 2190. The summed E-state index contributed by atoms with van der Waals surface area (Å²) in [5.41, 5.74) is 8.20. The molecule has 0 saturated carbocycles. The number of carbonyl (C=O) groups is 1. The van der Waals surface area contributed by atoms with E-state index in [2.05, 4.69) is 79.0 Å². The first-order valence-corrected chi connectivity index (χ1v) is 22.8. The number of carbonyl (C=O) groups excluding carboxylic acids is 1. The van der Waals surface area contributed by atoms with E-state index >= 15 is 0 Å². The second-order valence-electron chi connectivity index (χ2n) is 17.2. The molecule has 0 N–H and O–H groups in total. The van der Waals surface area contributed by atoms with Crippen molar-refractivity contribution in [3.05, 3.63) is 131 Å². The number of ether oxygens (including phenoxy) is 6. The van der Waals surface area contributed by atoms with Gasteiger partial charge in [0.2, 0.25) is 5.75 Å². The molecule has 10 nitrogen and oxygen atoms in total. The lowest BCUT2D eigenvalue weighted by Crippen LogP contribution is -2.37.